The average molecular weight is 337 g/mol. The number of nitrogens with zero attached hydrogens (tertiary/aromatic N) is 1. The lowest BCUT2D eigenvalue weighted by Crippen LogP contribution is -2.40. The first-order chi connectivity index (χ1) is 12.1. The first kappa shape index (κ1) is 17.2. The molecule has 0 aliphatic carbocycles. The first-order valence-corrected chi connectivity index (χ1v) is 8.76. The summed E-state index contributed by atoms with van der Waals surface area (Å²) >= 11 is 0. The molecule has 1 aliphatic heterocycles. The van der Waals surface area contributed by atoms with Crippen molar-refractivity contribution in [1.29, 1.82) is 0 Å². The molecule has 2 aromatic carbocycles. The van der Waals surface area contributed by atoms with Crippen molar-refractivity contribution >= 4 is 11.9 Å². The van der Waals surface area contributed by atoms with E-state index in [4.69, 9.17) is 4.74 Å². The second kappa shape index (κ2) is 7.97. The van der Waals surface area contributed by atoms with Gasteiger partial charge in [-0.05, 0) is 38.3 Å². The van der Waals surface area contributed by atoms with Crippen LogP contribution in [0.4, 0.5) is 0 Å². The first-order valence-electron chi connectivity index (χ1n) is 8.76. The van der Waals surface area contributed by atoms with Crippen molar-refractivity contribution in [2.24, 2.45) is 0 Å². The summed E-state index contributed by atoms with van der Waals surface area (Å²) in [7, 11) is 0. The minimum absolute atomic E-state index is 0.132. The van der Waals surface area contributed by atoms with Gasteiger partial charge in [-0.2, -0.15) is 0 Å². The molecule has 1 heterocycles. The summed E-state index contributed by atoms with van der Waals surface area (Å²) in [5, 5.41) is 0. The molecule has 2 aromatic rings. The molecule has 0 aromatic heterocycles. The van der Waals surface area contributed by atoms with Gasteiger partial charge in [-0.3, -0.25) is 4.79 Å². The quantitative estimate of drug-likeness (QED) is 0.795. The summed E-state index contributed by atoms with van der Waals surface area (Å²) in [5.74, 6) is -0.602. The second-order valence-corrected chi connectivity index (χ2v) is 6.45. The van der Waals surface area contributed by atoms with Crippen LogP contribution in [0.25, 0.3) is 0 Å². The highest BCUT2D eigenvalue weighted by atomic mass is 16.5. The number of esters is 1. The van der Waals surface area contributed by atoms with E-state index in [1.807, 2.05) is 54.3 Å². The van der Waals surface area contributed by atoms with Gasteiger partial charge >= 0.3 is 5.97 Å². The van der Waals surface area contributed by atoms with Crippen LogP contribution in [-0.2, 0) is 9.53 Å². The van der Waals surface area contributed by atoms with Crippen LogP contribution in [0.1, 0.15) is 46.9 Å². The van der Waals surface area contributed by atoms with Gasteiger partial charge in [-0.25, -0.2) is 4.79 Å². The Bertz CT molecular complexity index is 736. The number of benzene rings is 2. The molecule has 0 N–H and O–H groups in total. The molecule has 0 unspecified atom stereocenters. The zero-order valence-electron chi connectivity index (χ0n) is 14.5. The van der Waals surface area contributed by atoms with E-state index < -0.39 is 12.1 Å². The van der Waals surface area contributed by atoms with Gasteiger partial charge in [-0.15, -0.1) is 0 Å². The molecule has 25 heavy (non-hydrogen) atoms. The lowest BCUT2D eigenvalue weighted by atomic mass is 10.1. The Morgan fingerprint density at radius 3 is 2.36 bits per heavy atom. The molecule has 0 bridgehead atoms. The van der Waals surface area contributed by atoms with Crippen LogP contribution in [-0.4, -0.2) is 29.9 Å². The third-order valence-electron chi connectivity index (χ3n) is 4.47. The molecular weight excluding hydrogens is 314 g/mol. The highest BCUT2D eigenvalue weighted by Gasteiger charge is 2.30. The predicted octanol–water partition coefficient (Wildman–Crippen LogP) is 3.91. The molecule has 4 heteroatoms. The molecule has 0 radical (unpaired) electrons. The lowest BCUT2D eigenvalue weighted by Gasteiger charge is -2.30. The van der Waals surface area contributed by atoms with Crippen molar-refractivity contribution < 1.29 is 14.3 Å². The summed E-state index contributed by atoms with van der Waals surface area (Å²) in [6.45, 7) is 3.37. The van der Waals surface area contributed by atoms with E-state index >= 15 is 0 Å². The Morgan fingerprint density at radius 2 is 1.68 bits per heavy atom. The van der Waals surface area contributed by atoms with Crippen LogP contribution in [0.5, 0.6) is 0 Å². The largest absolute Gasteiger partial charge is 0.444 e. The summed E-state index contributed by atoms with van der Waals surface area (Å²) < 4.78 is 5.66. The monoisotopic (exact) mass is 337 g/mol. The predicted molar refractivity (Wildman–Crippen MR) is 96.2 cm³/mol. The third-order valence-corrected chi connectivity index (χ3v) is 4.47. The molecule has 1 amide bonds. The molecule has 1 aliphatic rings. The van der Waals surface area contributed by atoms with Gasteiger partial charge in [0.2, 0.25) is 6.10 Å². The maximum Gasteiger partial charge on any atom is 0.339 e. The number of carbonyl (C=O) groups excluding carboxylic acids is 2. The van der Waals surface area contributed by atoms with Crippen LogP contribution in [0.3, 0.4) is 0 Å². The zero-order valence-corrected chi connectivity index (χ0v) is 14.5. The number of carbonyl (C=O) groups is 2. The highest BCUT2D eigenvalue weighted by molar-refractivity contribution is 5.92. The molecule has 0 spiro atoms. The van der Waals surface area contributed by atoms with Gasteiger partial charge in [0.25, 0.3) is 5.91 Å². The van der Waals surface area contributed by atoms with Crippen LogP contribution in [0.15, 0.2) is 54.6 Å². The van der Waals surface area contributed by atoms with Gasteiger partial charge in [0, 0.05) is 18.7 Å². The van der Waals surface area contributed by atoms with Crippen molar-refractivity contribution in [3.63, 3.8) is 0 Å². The van der Waals surface area contributed by atoms with Gasteiger partial charge in [0.15, 0.2) is 0 Å². The van der Waals surface area contributed by atoms with Crippen LogP contribution in [0.2, 0.25) is 0 Å². The Kier molecular flexibility index (Phi) is 5.49. The minimum atomic E-state index is -0.896. The minimum Gasteiger partial charge on any atom is -0.444 e. The average Bonchev–Trinajstić information content (AvgIpc) is 2.67. The van der Waals surface area contributed by atoms with E-state index in [2.05, 4.69) is 0 Å². The maximum atomic E-state index is 13.0. The fraction of sp³-hybridized carbons (Fsp3) is 0.333. The number of piperidine rings is 1. The van der Waals surface area contributed by atoms with E-state index in [9.17, 15) is 9.59 Å². The summed E-state index contributed by atoms with van der Waals surface area (Å²) in [4.78, 5) is 27.4. The maximum absolute atomic E-state index is 13.0. The highest BCUT2D eigenvalue weighted by Crippen LogP contribution is 2.24. The number of hydrogen-bond acceptors (Lipinski definition) is 3. The topological polar surface area (TPSA) is 46.6 Å². The molecule has 1 atom stereocenters. The van der Waals surface area contributed by atoms with Crippen molar-refractivity contribution in [1.82, 2.24) is 4.90 Å². The fourth-order valence-electron chi connectivity index (χ4n) is 3.12. The van der Waals surface area contributed by atoms with Crippen molar-refractivity contribution in [3.05, 3.63) is 71.3 Å². The summed E-state index contributed by atoms with van der Waals surface area (Å²) in [6.07, 6.45) is 2.24. The number of hydrogen-bond donors (Lipinski definition) is 0. The number of aryl methyl sites for hydroxylation is 1. The van der Waals surface area contributed by atoms with Gasteiger partial charge in [0.1, 0.15) is 0 Å². The summed E-state index contributed by atoms with van der Waals surface area (Å²) in [5.41, 5.74) is 2.15. The Morgan fingerprint density at radius 1 is 0.960 bits per heavy atom. The number of rotatable bonds is 4. The molecule has 130 valence electrons. The Labute approximate surface area is 148 Å². The smallest absolute Gasteiger partial charge is 0.339 e. The van der Waals surface area contributed by atoms with E-state index in [-0.39, 0.29) is 5.91 Å². The molecule has 1 saturated heterocycles. The van der Waals surface area contributed by atoms with E-state index in [0.717, 1.165) is 37.9 Å². The number of ether oxygens (including phenoxy) is 1. The number of amides is 1. The van der Waals surface area contributed by atoms with Gasteiger partial charge in [-0.1, -0.05) is 48.0 Å². The van der Waals surface area contributed by atoms with Crippen LogP contribution in [0, 0.1) is 6.92 Å². The second-order valence-electron chi connectivity index (χ2n) is 6.45. The third kappa shape index (κ3) is 4.27. The lowest BCUT2D eigenvalue weighted by molar-refractivity contribution is -0.142. The van der Waals surface area contributed by atoms with Crippen LogP contribution >= 0.6 is 0 Å². The molecule has 3 rings (SSSR count). The van der Waals surface area contributed by atoms with Crippen LogP contribution < -0.4 is 0 Å². The van der Waals surface area contributed by atoms with Gasteiger partial charge in [0.05, 0.1) is 5.56 Å². The molecule has 1 fully saturated rings. The van der Waals surface area contributed by atoms with Crippen molar-refractivity contribution in [2.75, 3.05) is 13.1 Å². The number of likely N-dealkylation sites (tertiary alicyclic amines) is 1. The zero-order chi connectivity index (χ0) is 17.6. The van der Waals surface area contributed by atoms with Crippen molar-refractivity contribution in [3.8, 4) is 0 Å². The molecular formula is C21H23NO3. The normalized spacial score (nSPS) is 15.5. The fourth-order valence-corrected chi connectivity index (χ4v) is 3.12. The molecule has 4 nitrogen and oxygen atoms in total. The molecule has 0 saturated carbocycles. The van der Waals surface area contributed by atoms with E-state index in [1.54, 1.807) is 12.1 Å². The SMILES string of the molecule is Cc1cccc(C(=O)O[C@H](C(=O)N2CCCCC2)c2ccccc2)c1. The van der Waals surface area contributed by atoms with E-state index in [0.29, 0.717) is 11.1 Å². The standard InChI is InChI=1S/C21H23NO3/c1-16-9-8-12-18(15-16)21(24)25-19(17-10-4-2-5-11-17)20(23)22-13-6-3-7-14-22/h2,4-5,8-12,15,19H,3,6-7,13-14H2,1H3/t19-/m0/s1. The van der Waals surface area contributed by atoms with Gasteiger partial charge < -0.3 is 9.64 Å². The van der Waals surface area contributed by atoms with E-state index in [1.165, 1.54) is 0 Å². The summed E-state index contributed by atoms with van der Waals surface area (Å²) in [6, 6.07) is 16.5. The Balaban J connectivity index is 1.83. The Hall–Kier alpha value is -2.62. The van der Waals surface area contributed by atoms with Crippen molar-refractivity contribution in [2.45, 2.75) is 32.3 Å².